The molecule has 0 aromatic rings. The highest BCUT2D eigenvalue weighted by molar-refractivity contribution is 5.77. The van der Waals surface area contributed by atoms with Gasteiger partial charge in [0.15, 0.2) is 0 Å². The van der Waals surface area contributed by atoms with Crippen LogP contribution in [0.4, 0.5) is 0 Å². The summed E-state index contributed by atoms with van der Waals surface area (Å²) in [6, 6.07) is -0.701. The number of esters is 1. The van der Waals surface area contributed by atoms with Crippen LogP contribution in [0.3, 0.4) is 0 Å². The van der Waals surface area contributed by atoms with Crippen LogP contribution in [0.15, 0.2) is 24.3 Å². The first-order valence-electron chi connectivity index (χ1n) is 26.1. The number of hydrogen-bond acceptors (Lipinski definition) is 5. The van der Waals surface area contributed by atoms with Gasteiger partial charge >= 0.3 is 5.97 Å². The number of carbonyl (C=O) groups is 2. The van der Waals surface area contributed by atoms with Gasteiger partial charge < -0.3 is 20.3 Å². The van der Waals surface area contributed by atoms with Gasteiger partial charge in [0.1, 0.15) is 6.10 Å². The third kappa shape index (κ3) is 42.8. The van der Waals surface area contributed by atoms with Gasteiger partial charge in [-0.2, -0.15) is 0 Å². The largest absolute Gasteiger partial charge is 0.462 e. The van der Waals surface area contributed by atoms with E-state index in [1.165, 1.54) is 167 Å². The Morgan fingerprint density at radius 3 is 1.32 bits per heavy atom. The smallest absolute Gasteiger partial charge is 0.306 e. The Kier molecular flexibility index (Phi) is 46.1. The molecule has 1 amide bonds. The van der Waals surface area contributed by atoms with Crippen molar-refractivity contribution >= 4 is 11.9 Å². The highest BCUT2D eigenvalue weighted by Crippen LogP contribution is 2.18. The van der Waals surface area contributed by atoms with Gasteiger partial charge in [0.25, 0.3) is 0 Å². The van der Waals surface area contributed by atoms with Crippen LogP contribution in [-0.4, -0.2) is 46.9 Å². The van der Waals surface area contributed by atoms with Crippen molar-refractivity contribution in [3.63, 3.8) is 0 Å². The number of aliphatic hydroxyl groups excluding tert-OH is 2. The van der Waals surface area contributed by atoms with Gasteiger partial charge in [0, 0.05) is 6.42 Å². The molecule has 0 bridgehead atoms. The van der Waals surface area contributed by atoms with Crippen molar-refractivity contribution in [1.82, 2.24) is 5.32 Å². The predicted molar refractivity (Wildman–Crippen MR) is 255 cm³/mol. The van der Waals surface area contributed by atoms with Crippen molar-refractivity contribution < 1.29 is 24.5 Å². The second-order valence-corrected chi connectivity index (χ2v) is 17.9. The van der Waals surface area contributed by atoms with Gasteiger partial charge in [0.05, 0.1) is 25.2 Å². The number of ether oxygens (including phenoxy) is 1. The Morgan fingerprint density at radius 2 is 0.864 bits per heavy atom. The molecule has 0 heterocycles. The molecule has 0 spiro atoms. The molecule has 0 aromatic carbocycles. The molecule has 0 rings (SSSR count). The van der Waals surface area contributed by atoms with Crippen LogP contribution in [-0.2, 0) is 14.3 Å². The Hall–Kier alpha value is -1.66. The molecule has 3 atom stereocenters. The zero-order valence-electron chi connectivity index (χ0n) is 39.7. The molecule has 0 aliphatic carbocycles. The van der Waals surface area contributed by atoms with E-state index in [1.807, 2.05) is 0 Å². The number of hydrogen-bond donors (Lipinski definition) is 3. The minimum absolute atomic E-state index is 0.0730. The lowest BCUT2D eigenvalue weighted by atomic mass is 10.0. The standard InChI is InChI=1S/C53H101NO5/c1-4-7-10-13-16-19-21-23-25-27-29-31-34-36-39-42-45-51(56)50(48-55)54-52(57)47-49(59-53(58)46-43-40-37-32-18-15-12-9-6-3)44-41-38-35-33-30-28-26-24-22-20-17-14-11-8-5-2/h17,20,24,26,49-51,55-56H,4-16,18-19,21-23,25,27-48H2,1-3H3,(H,54,57)/b20-17-,26-24-. The third-order valence-electron chi connectivity index (χ3n) is 12.0. The highest BCUT2D eigenvalue weighted by Gasteiger charge is 2.24. The van der Waals surface area contributed by atoms with Crippen molar-refractivity contribution in [2.24, 2.45) is 0 Å². The summed E-state index contributed by atoms with van der Waals surface area (Å²) in [4.78, 5) is 26.1. The Bertz CT molecular complexity index is 935. The molecule has 3 N–H and O–H groups in total. The summed E-state index contributed by atoms with van der Waals surface area (Å²) >= 11 is 0. The first kappa shape index (κ1) is 57.3. The number of allylic oxidation sites excluding steroid dienone is 4. The lowest BCUT2D eigenvalue weighted by Gasteiger charge is -2.24. The monoisotopic (exact) mass is 832 g/mol. The van der Waals surface area contributed by atoms with Crippen molar-refractivity contribution in [3.05, 3.63) is 24.3 Å². The topological polar surface area (TPSA) is 95.9 Å². The van der Waals surface area contributed by atoms with E-state index < -0.39 is 18.2 Å². The number of rotatable bonds is 47. The lowest BCUT2D eigenvalue weighted by Crippen LogP contribution is -2.46. The summed E-state index contributed by atoms with van der Waals surface area (Å²) in [6.45, 7) is 6.46. The van der Waals surface area contributed by atoms with Gasteiger partial charge in [-0.25, -0.2) is 0 Å². The van der Waals surface area contributed by atoms with Crippen LogP contribution in [0.25, 0.3) is 0 Å². The number of carbonyl (C=O) groups excluding carboxylic acids is 2. The minimum Gasteiger partial charge on any atom is -0.462 e. The molecule has 0 saturated heterocycles. The lowest BCUT2D eigenvalue weighted by molar-refractivity contribution is -0.151. The van der Waals surface area contributed by atoms with Gasteiger partial charge in [-0.1, -0.05) is 231 Å². The predicted octanol–water partition coefficient (Wildman–Crippen LogP) is 15.5. The summed E-state index contributed by atoms with van der Waals surface area (Å²) in [7, 11) is 0. The van der Waals surface area contributed by atoms with Crippen molar-refractivity contribution in [2.45, 2.75) is 296 Å². The second kappa shape index (κ2) is 47.4. The van der Waals surface area contributed by atoms with Crippen LogP contribution in [0.1, 0.15) is 278 Å². The van der Waals surface area contributed by atoms with Crippen LogP contribution in [0.5, 0.6) is 0 Å². The zero-order chi connectivity index (χ0) is 43.1. The van der Waals surface area contributed by atoms with Gasteiger partial charge in [-0.15, -0.1) is 0 Å². The summed E-state index contributed by atoms with van der Waals surface area (Å²) < 4.78 is 5.91. The molecule has 348 valence electrons. The molecule has 0 saturated carbocycles. The first-order valence-corrected chi connectivity index (χ1v) is 26.1. The molecular formula is C53H101NO5. The van der Waals surface area contributed by atoms with E-state index in [0.717, 1.165) is 64.2 Å². The quantitative estimate of drug-likeness (QED) is 0.0322. The average molecular weight is 832 g/mol. The van der Waals surface area contributed by atoms with E-state index in [4.69, 9.17) is 4.74 Å². The Balaban J connectivity index is 4.49. The number of nitrogens with one attached hydrogen (secondary N) is 1. The highest BCUT2D eigenvalue weighted by atomic mass is 16.5. The van der Waals surface area contributed by atoms with Crippen LogP contribution < -0.4 is 5.32 Å². The van der Waals surface area contributed by atoms with E-state index in [0.29, 0.717) is 19.3 Å². The summed E-state index contributed by atoms with van der Waals surface area (Å²) in [6.07, 6.45) is 53.8. The SMILES string of the molecule is CCCCC/C=C\C/C=C\CCCCCCCC(CC(=O)NC(CO)C(O)CCCCCCCCCCCCCCCCCC)OC(=O)CCCCCCCCCCC. The molecule has 0 aromatic heterocycles. The van der Waals surface area contributed by atoms with Crippen molar-refractivity contribution in [3.8, 4) is 0 Å². The van der Waals surface area contributed by atoms with Gasteiger partial charge in [0.2, 0.25) is 5.91 Å². The molecule has 0 fully saturated rings. The van der Waals surface area contributed by atoms with E-state index in [-0.39, 0.29) is 24.9 Å². The fraction of sp³-hybridized carbons (Fsp3) is 0.887. The van der Waals surface area contributed by atoms with Crippen LogP contribution in [0, 0.1) is 0 Å². The first-order chi connectivity index (χ1) is 29.0. The molecule has 59 heavy (non-hydrogen) atoms. The normalized spacial score (nSPS) is 13.4. The van der Waals surface area contributed by atoms with Gasteiger partial charge in [-0.3, -0.25) is 9.59 Å². The molecule has 0 aliphatic heterocycles. The Morgan fingerprint density at radius 1 is 0.492 bits per heavy atom. The number of unbranched alkanes of at least 4 members (excludes halogenated alkanes) is 31. The second-order valence-electron chi connectivity index (χ2n) is 17.9. The van der Waals surface area contributed by atoms with E-state index >= 15 is 0 Å². The van der Waals surface area contributed by atoms with Crippen molar-refractivity contribution in [1.29, 1.82) is 0 Å². The van der Waals surface area contributed by atoms with Gasteiger partial charge in [-0.05, 0) is 57.8 Å². The maximum atomic E-state index is 13.2. The van der Waals surface area contributed by atoms with E-state index in [2.05, 4.69) is 50.4 Å². The summed E-state index contributed by atoms with van der Waals surface area (Å²) in [5, 5.41) is 23.8. The average Bonchev–Trinajstić information content (AvgIpc) is 3.23. The molecule has 6 heteroatoms. The van der Waals surface area contributed by atoms with Crippen LogP contribution in [0.2, 0.25) is 0 Å². The molecule has 0 radical (unpaired) electrons. The maximum Gasteiger partial charge on any atom is 0.306 e. The Labute approximate surface area is 367 Å². The molecule has 6 nitrogen and oxygen atoms in total. The molecular weight excluding hydrogens is 731 g/mol. The summed E-state index contributed by atoms with van der Waals surface area (Å²) in [5.41, 5.74) is 0. The third-order valence-corrected chi connectivity index (χ3v) is 12.0. The zero-order valence-corrected chi connectivity index (χ0v) is 39.7. The molecule has 0 aliphatic rings. The number of aliphatic hydroxyl groups is 2. The number of amides is 1. The maximum absolute atomic E-state index is 13.2. The summed E-state index contributed by atoms with van der Waals surface area (Å²) in [5.74, 6) is -0.478. The van der Waals surface area contributed by atoms with E-state index in [9.17, 15) is 19.8 Å². The fourth-order valence-corrected chi connectivity index (χ4v) is 8.05. The molecule has 3 unspecified atom stereocenters. The minimum atomic E-state index is -0.787. The van der Waals surface area contributed by atoms with E-state index in [1.54, 1.807) is 0 Å². The van der Waals surface area contributed by atoms with Crippen LogP contribution >= 0.6 is 0 Å². The van der Waals surface area contributed by atoms with Crippen molar-refractivity contribution in [2.75, 3.05) is 6.61 Å². The fourth-order valence-electron chi connectivity index (χ4n) is 8.05.